The first-order chi connectivity index (χ1) is 8.21. The Morgan fingerprint density at radius 2 is 2.18 bits per heavy atom. The number of aromatic nitrogens is 2. The molecule has 1 aromatic rings. The van der Waals surface area contributed by atoms with Crippen molar-refractivity contribution in [3.63, 3.8) is 0 Å². The minimum absolute atomic E-state index is 0.195. The average molecular weight is 239 g/mol. The van der Waals surface area contributed by atoms with Gasteiger partial charge in [-0.3, -0.25) is 0 Å². The van der Waals surface area contributed by atoms with E-state index >= 15 is 0 Å². The van der Waals surface area contributed by atoms with Crippen molar-refractivity contribution in [2.45, 2.75) is 31.6 Å². The van der Waals surface area contributed by atoms with E-state index in [1.165, 1.54) is 0 Å². The predicted molar refractivity (Wildman–Crippen MR) is 63.2 cm³/mol. The zero-order valence-corrected chi connectivity index (χ0v) is 9.68. The molecule has 7 nitrogen and oxygen atoms in total. The molecule has 0 amide bonds. The van der Waals surface area contributed by atoms with Crippen LogP contribution in [0.25, 0.3) is 0 Å². The number of hydrogen-bond donors (Lipinski definition) is 4. The highest BCUT2D eigenvalue weighted by Crippen LogP contribution is 2.23. The lowest BCUT2D eigenvalue weighted by Crippen LogP contribution is -2.39. The molecule has 0 aliphatic heterocycles. The molecule has 0 unspecified atom stereocenters. The van der Waals surface area contributed by atoms with Crippen molar-refractivity contribution >= 4 is 11.6 Å². The molecule has 0 bridgehead atoms. The van der Waals surface area contributed by atoms with Crippen LogP contribution < -0.4 is 16.6 Å². The molecule has 0 saturated heterocycles. The van der Waals surface area contributed by atoms with Crippen LogP contribution in [0.5, 0.6) is 0 Å². The largest absolute Gasteiger partial charge is 0.393 e. The van der Waals surface area contributed by atoms with E-state index in [1.54, 1.807) is 13.2 Å². The molecule has 17 heavy (non-hydrogen) atoms. The van der Waals surface area contributed by atoms with Gasteiger partial charge in [0.05, 0.1) is 6.10 Å². The van der Waals surface area contributed by atoms with Crippen molar-refractivity contribution in [1.29, 1.82) is 0 Å². The van der Waals surface area contributed by atoms with Gasteiger partial charge in [0.15, 0.2) is 5.82 Å². The molecule has 5 N–H and O–H groups in total. The fraction of sp³-hybridized carbons (Fsp3) is 0.600. The summed E-state index contributed by atoms with van der Waals surface area (Å²) in [7, 11) is 1.58. The summed E-state index contributed by atoms with van der Waals surface area (Å²) in [5, 5.41) is 12.4. The summed E-state index contributed by atoms with van der Waals surface area (Å²) in [5.41, 5.74) is 2.49. The van der Waals surface area contributed by atoms with Crippen molar-refractivity contribution in [1.82, 2.24) is 9.97 Å². The van der Waals surface area contributed by atoms with Gasteiger partial charge >= 0.3 is 0 Å². The van der Waals surface area contributed by atoms with Gasteiger partial charge < -0.3 is 20.6 Å². The molecule has 1 fully saturated rings. The summed E-state index contributed by atoms with van der Waals surface area (Å²) in [6, 6.07) is 1.99. The predicted octanol–water partition coefficient (Wildman–Crippen LogP) is -0.156. The van der Waals surface area contributed by atoms with Crippen LogP contribution in [0.1, 0.15) is 18.7 Å². The monoisotopic (exact) mass is 239 g/mol. The summed E-state index contributed by atoms with van der Waals surface area (Å²) in [5.74, 6) is 7.12. The molecule has 0 atom stereocenters. The molecule has 94 valence electrons. The number of nitrogens with zero attached hydrogens (tertiary/aromatic N) is 2. The van der Waals surface area contributed by atoms with Gasteiger partial charge in [0.25, 0.3) is 0 Å². The van der Waals surface area contributed by atoms with E-state index < -0.39 is 0 Å². The summed E-state index contributed by atoms with van der Waals surface area (Å²) in [6.45, 7) is 0.331. The zero-order valence-electron chi connectivity index (χ0n) is 9.68. The van der Waals surface area contributed by atoms with Crippen LogP contribution in [0.2, 0.25) is 0 Å². The van der Waals surface area contributed by atoms with Crippen molar-refractivity contribution < 1.29 is 9.84 Å². The molecule has 1 heterocycles. The minimum atomic E-state index is -0.195. The maximum absolute atomic E-state index is 9.21. The van der Waals surface area contributed by atoms with Crippen molar-refractivity contribution in [3.05, 3.63) is 11.9 Å². The Morgan fingerprint density at radius 1 is 1.47 bits per heavy atom. The number of ether oxygens (including phenoxy) is 1. The summed E-state index contributed by atoms with van der Waals surface area (Å²) < 4.78 is 4.98. The highest BCUT2D eigenvalue weighted by atomic mass is 16.5. The molecule has 1 aliphatic carbocycles. The molecular weight excluding hydrogens is 222 g/mol. The number of nitrogen functional groups attached to an aromatic ring is 1. The van der Waals surface area contributed by atoms with E-state index in [-0.39, 0.29) is 12.1 Å². The van der Waals surface area contributed by atoms with Crippen molar-refractivity contribution in [2.75, 3.05) is 17.9 Å². The molecule has 2 rings (SSSR count). The Morgan fingerprint density at radius 3 is 2.76 bits per heavy atom. The third-order valence-electron chi connectivity index (χ3n) is 2.66. The van der Waals surface area contributed by atoms with Gasteiger partial charge in [0.2, 0.25) is 0 Å². The average Bonchev–Trinajstić information content (AvgIpc) is 2.27. The van der Waals surface area contributed by atoms with E-state index in [0.29, 0.717) is 24.1 Å². The van der Waals surface area contributed by atoms with Gasteiger partial charge in [-0.05, 0) is 12.8 Å². The number of hydrazine groups is 1. The standard InChI is InChI=1S/C10H17N5O2/c1-17-5-10-13-8(4-9(14-10)15-11)12-6-2-7(16)3-6/h4,6-7,16H,2-3,5,11H2,1H3,(H2,12,13,14,15). The minimum Gasteiger partial charge on any atom is -0.393 e. The number of hydrogen-bond acceptors (Lipinski definition) is 7. The number of methoxy groups -OCH3 is 1. The first-order valence-corrected chi connectivity index (χ1v) is 5.49. The number of aliphatic hydroxyl groups excluding tert-OH is 1. The molecule has 1 aromatic heterocycles. The van der Waals surface area contributed by atoms with Crippen LogP contribution in [0.15, 0.2) is 6.07 Å². The fourth-order valence-corrected chi connectivity index (χ4v) is 1.75. The number of nitrogens with two attached hydrogens (primary N) is 1. The lowest BCUT2D eigenvalue weighted by molar-refractivity contribution is 0.0835. The Hall–Kier alpha value is -1.44. The second-order valence-corrected chi connectivity index (χ2v) is 4.10. The maximum atomic E-state index is 9.21. The van der Waals surface area contributed by atoms with Gasteiger partial charge in [-0.2, -0.15) is 0 Å². The molecule has 1 saturated carbocycles. The van der Waals surface area contributed by atoms with Gasteiger partial charge in [-0.15, -0.1) is 0 Å². The fourth-order valence-electron chi connectivity index (χ4n) is 1.75. The molecule has 0 radical (unpaired) electrons. The first kappa shape index (κ1) is 12.0. The normalized spacial score (nSPS) is 23.0. The van der Waals surface area contributed by atoms with Crippen LogP contribution in [-0.4, -0.2) is 34.3 Å². The van der Waals surface area contributed by atoms with Crippen molar-refractivity contribution in [3.8, 4) is 0 Å². The van der Waals surface area contributed by atoms with E-state index in [0.717, 1.165) is 12.8 Å². The van der Waals surface area contributed by atoms with Crippen LogP contribution >= 0.6 is 0 Å². The van der Waals surface area contributed by atoms with Crippen LogP contribution in [-0.2, 0) is 11.3 Å². The number of nitrogens with one attached hydrogen (secondary N) is 2. The molecule has 1 aliphatic rings. The Balaban J connectivity index is 2.06. The number of aliphatic hydroxyl groups is 1. The zero-order chi connectivity index (χ0) is 12.3. The lowest BCUT2D eigenvalue weighted by atomic mass is 9.89. The highest BCUT2D eigenvalue weighted by molar-refractivity contribution is 5.47. The summed E-state index contributed by atoms with van der Waals surface area (Å²) in [6.07, 6.45) is 1.30. The maximum Gasteiger partial charge on any atom is 0.158 e. The van der Waals surface area contributed by atoms with E-state index in [1.807, 2.05) is 0 Å². The first-order valence-electron chi connectivity index (χ1n) is 5.49. The summed E-state index contributed by atoms with van der Waals surface area (Å²) >= 11 is 0. The van der Waals surface area contributed by atoms with E-state index in [9.17, 15) is 5.11 Å². The molecule has 0 spiro atoms. The topological polar surface area (TPSA) is 105 Å². The van der Waals surface area contributed by atoms with Gasteiger partial charge in [-0.1, -0.05) is 0 Å². The SMILES string of the molecule is COCc1nc(NN)cc(NC2CC(O)C2)n1. The van der Waals surface area contributed by atoms with Gasteiger partial charge in [0, 0.05) is 19.2 Å². The van der Waals surface area contributed by atoms with Crippen LogP contribution in [0, 0.1) is 0 Å². The Kier molecular flexibility index (Phi) is 3.72. The second kappa shape index (κ2) is 5.26. The smallest absolute Gasteiger partial charge is 0.158 e. The third kappa shape index (κ3) is 3.02. The number of rotatable bonds is 5. The van der Waals surface area contributed by atoms with Crippen LogP contribution in [0.3, 0.4) is 0 Å². The quantitative estimate of drug-likeness (QED) is 0.418. The summed E-state index contributed by atoms with van der Waals surface area (Å²) in [4.78, 5) is 8.44. The van der Waals surface area contributed by atoms with E-state index in [4.69, 9.17) is 10.6 Å². The lowest BCUT2D eigenvalue weighted by Gasteiger charge is -2.32. The van der Waals surface area contributed by atoms with Gasteiger partial charge in [-0.25, -0.2) is 15.8 Å². The van der Waals surface area contributed by atoms with Crippen LogP contribution in [0.4, 0.5) is 11.6 Å². The molecule has 0 aromatic carbocycles. The third-order valence-corrected chi connectivity index (χ3v) is 2.66. The van der Waals surface area contributed by atoms with Crippen molar-refractivity contribution in [2.24, 2.45) is 5.84 Å². The number of anilines is 2. The Bertz CT molecular complexity index is 381. The van der Waals surface area contributed by atoms with Gasteiger partial charge in [0.1, 0.15) is 18.2 Å². The van der Waals surface area contributed by atoms with E-state index in [2.05, 4.69) is 20.7 Å². The second-order valence-electron chi connectivity index (χ2n) is 4.10. The highest BCUT2D eigenvalue weighted by Gasteiger charge is 2.27. The molecule has 7 heteroatoms. The molecular formula is C10H17N5O2. The Labute approximate surface area is 99.4 Å².